The quantitative estimate of drug-likeness (QED) is 0.560. The number of hydrogen-bond acceptors (Lipinski definition) is 3. The molecule has 0 amide bonds. The molecule has 5 aliphatic rings. The van der Waals surface area contributed by atoms with Gasteiger partial charge in [0.2, 0.25) is 5.79 Å². The lowest BCUT2D eigenvalue weighted by Crippen LogP contribution is -2.65. The van der Waals surface area contributed by atoms with Crippen LogP contribution in [-0.2, 0) is 14.5 Å². The Hall–Kier alpha value is -0.380. The highest BCUT2D eigenvalue weighted by molar-refractivity contribution is 5.08. The molecule has 4 aliphatic carbocycles. The minimum Gasteiger partial charge on any atom is -0.340 e. The second-order valence-corrected chi connectivity index (χ2v) is 8.27. The molecule has 22 heavy (non-hydrogen) atoms. The van der Waals surface area contributed by atoms with E-state index in [0.717, 1.165) is 23.8 Å². The molecule has 1 heterocycles. The standard InChI is InChI=1S/C19H30O3/c1-4-5-6-17-18(12(2)3)21-22-19(20-17)15-8-13-7-14(10-15)11-16(19)9-13/h13-18H,2,4-11H2,1,3H3/t13?,14?,15?,16?,17-,18-,19?/m1/s1. The average molecular weight is 306 g/mol. The van der Waals surface area contributed by atoms with Crippen molar-refractivity contribution in [2.45, 2.75) is 83.2 Å². The summed E-state index contributed by atoms with van der Waals surface area (Å²) < 4.78 is 6.72. The van der Waals surface area contributed by atoms with Crippen molar-refractivity contribution in [2.75, 3.05) is 0 Å². The smallest absolute Gasteiger partial charge is 0.207 e. The van der Waals surface area contributed by atoms with Crippen LogP contribution in [0.25, 0.3) is 0 Å². The van der Waals surface area contributed by atoms with E-state index >= 15 is 0 Å². The second kappa shape index (κ2) is 5.61. The van der Waals surface area contributed by atoms with Crippen LogP contribution in [0.5, 0.6) is 0 Å². The molecule has 3 heteroatoms. The first-order chi connectivity index (χ1) is 10.6. The van der Waals surface area contributed by atoms with Crippen molar-refractivity contribution in [2.24, 2.45) is 23.7 Å². The first-order valence-corrected chi connectivity index (χ1v) is 9.30. The van der Waals surface area contributed by atoms with E-state index in [1.165, 1.54) is 44.9 Å². The summed E-state index contributed by atoms with van der Waals surface area (Å²) in [6.45, 7) is 8.33. The summed E-state index contributed by atoms with van der Waals surface area (Å²) in [7, 11) is 0. The molecular formula is C19H30O3. The van der Waals surface area contributed by atoms with Gasteiger partial charge in [0, 0.05) is 11.8 Å². The summed E-state index contributed by atoms with van der Waals surface area (Å²) in [5.74, 6) is 2.46. The molecule has 2 atom stereocenters. The predicted octanol–water partition coefficient (Wildman–Crippen LogP) is 4.62. The van der Waals surface area contributed by atoms with Gasteiger partial charge >= 0.3 is 0 Å². The monoisotopic (exact) mass is 306 g/mol. The second-order valence-electron chi connectivity index (χ2n) is 8.27. The number of unbranched alkanes of at least 4 members (excludes halogenated alkanes) is 1. The molecule has 1 saturated heterocycles. The van der Waals surface area contributed by atoms with Gasteiger partial charge in [0.25, 0.3) is 0 Å². The summed E-state index contributed by atoms with van der Waals surface area (Å²) >= 11 is 0. The maximum atomic E-state index is 6.72. The van der Waals surface area contributed by atoms with Crippen molar-refractivity contribution in [3.8, 4) is 0 Å². The van der Waals surface area contributed by atoms with Gasteiger partial charge in [0.1, 0.15) is 6.10 Å². The fourth-order valence-corrected chi connectivity index (χ4v) is 5.69. The van der Waals surface area contributed by atoms with Crippen molar-refractivity contribution in [3.63, 3.8) is 0 Å². The van der Waals surface area contributed by atoms with Crippen molar-refractivity contribution in [1.29, 1.82) is 0 Å². The van der Waals surface area contributed by atoms with Crippen LogP contribution in [0.2, 0.25) is 0 Å². The van der Waals surface area contributed by atoms with E-state index in [1.807, 2.05) is 6.92 Å². The van der Waals surface area contributed by atoms with E-state index in [0.29, 0.717) is 11.8 Å². The minimum absolute atomic E-state index is 0.102. The van der Waals surface area contributed by atoms with Crippen LogP contribution in [0.15, 0.2) is 12.2 Å². The lowest BCUT2D eigenvalue weighted by atomic mass is 9.53. The topological polar surface area (TPSA) is 27.7 Å². The molecule has 5 fully saturated rings. The van der Waals surface area contributed by atoms with E-state index in [-0.39, 0.29) is 12.2 Å². The van der Waals surface area contributed by atoms with Crippen LogP contribution < -0.4 is 0 Å². The molecule has 4 saturated carbocycles. The summed E-state index contributed by atoms with van der Waals surface area (Å²) in [6, 6.07) is 0. The molecule has 3 nitrogen and oxygen atoms in total. The fourth-order valence-electron chi connectivity index (χ4n) is 5.69. The van der Waals surface area contributed by atoms with E-state index < -0.39 is 5.79 Å². The molecule has 1 aliphatic heterocycles. The van der Waals surface area contributed by atoms with Crippen LogP contribution in [0.1, 0.15) is 65.2 Å². The average Bonchev–Trinajstić information content (AvgIpc) is 2.49. The van der Waals surface area contributed by atoms with Gasteiger partial charge in [-0.1, -0.05) is 26.3 Å². The van der Waals surface area contributed by atoms with Gasteiger partial charge < -0.3 is 4.74 Å². The molecule has 5 rings (SSSR count). The van der Waals surface area contributed by atoms with E-state index in [1.54, 1.807) is 0 Å². The third-order valence-corrected chi connectivity index (χ3v) is 6.56. The number of rotatable bonds is 4. The molecule has 0 aromatic heterocycles. The zero-order chi connectivity index (χ0) is 15.3. The highest BCUT2D eigenvalue weighted by Gasteiger charge is 2.63. The molecule has 0 radical (unpaired) electrons. The van der Waals surface area contributed by atoms with Crippen molar-refractivity contribution < 1.29 is 14.5 Å². The summed E-state index contributed by atoms with van der Waals surface area (Å²) in [5.41, 5.74) is 1.01. The van der Waals surface area contributed by atoms with Crippen LogP contribution >= 0.6 is 0 Å². The van der Waals surface area contributed by atoms with Gasteiger partial charge in [0.05, 0.1) is 6.10 Å². The summed E-state index contributed by atoms with van der Waals surface area (Å²) in [6.07, 6.45) is 9.95. The van der Waals surface area contributed by atoms with Gasteiger partial charge in [-0.25, -0.2) is 4.89 Å². The Morgan fingerprint density at radius 2 is 1.73 bits per heavy atom. The van der Waals surface area contributed by atoms with Crippen molar-refractivity contribution in [1.82, 2.24) is 0 Å². The zero-order valence-corrected chi connectivity index (χ0v) is 14.1. The Labute approximate surface area is 134 Å². The van der Waals surface area contributed by atoms with Crippen molar-refractivity contribution >= 4 is 0 Å². The van der Waals surface area contributed by atoms with Crippen LogP contribution in [0, 0.1) is 23.7 Å². The van der Waals surface area contributed by atoms with Gasteiger partial charge in [0.15, 0.2) is 0 Å². The molecule has 1 spiro atoms. The Balaban J connectivity index is 1.56. The first kappa shape index (κ1) is 15.2. The Morgan fingerprint density at radius 1 is 1.09 bits per heavy atom. The van der Waals surface area contributed by atoms with Gasteiger partial charge in [-0.3, -0.25) is 0 Å². The van der Waals surface area contributed by atoms with Crippen LogP contribution in [0.3, 0.4) is 0 Å². The summed E-state index contributed by atoms with van der Waals surface area (Å²) in [4.78, 5) is 11.9. The molecule has 0 unspecified atom stereocenters. The SMILES string of the molecule is C=C(C)[C@H]1OOC2(O[C@@H]1CCCC)C1CC3CC(C1)CC2C3. The molecular weight excluding hydrogens is 276 g/mol. The van der Waals surface area contributed by atoms with E-state index in [2.05, 4.69) is 13.5 Å². The van der Waals surface area contributed by atoms with E-state index in [9.17, 15) is 0 Å². The van der Waals surface area contributed by atoms with Crippen LogP contribution in [0.4, 0.5) is 0 Å². The van der Waals surface area contributed by atoms with Crippen LogP contribution in [-0.4, -0.2) is 18.0 Å². The Morgan fingerprint density at radius 3 is 2.27 bits per heavy atom. The highest BCUT2D eigenvalue weighted by atomic mass is 17.2. The van der Waals surface area contributed by atoms with Gasteiger partial charge in [-0.2, -0.15) is 4.89 Å². The predicted molar refractivity (Wildman–Crippen MR) is 84.9 cm³/mol. The minimum atomic E-state index is -0.447. The first-order valence-electron chi connectivity index (χ1n) is 9.30. The molecule has 124 valence electrons. The third-order valence-electron chi connectivity index (χ3n) is 6.56. The molecule has 0 N–H and O–H groups in total. The Kier molecular flexibility index (Phi) is 3.87. The number of ether oxygens (including phenoxy) is 1. The highest BCUT2D eigenvalue weighted by Crippen LogP contribution is 2.61. The maximum Gasteiger partial charge on any atom is 0.207 e. The maximum absolute atomic E-state index is 6.72. The Bertz CT molecular complexity index is 416. The third kappa shape index (κ3) is 2.28. The largest absolute Gasteiger partial charge is 0.340 e. The summed E-state index contributed by atoms with van der Waals surface area (Å²) in [5, 5.41) is 0. The van der Waals surface area contributed by atoms with Gasteiger partial charge in [-0.05, 0) is 62.9 Å². The lowest BCUT2D eigenvalue weighted by Gasteiger charge is -2.61. The normalized spacial score (nSPS) is 49.7. The molecule has 4 bridgehead atoms. The fraction of sp³-hybridized carbons (Fsp3) is 0.895. The van der Waals surface area contributed by atoms with Crippen molar-refractivity contribution in [3.05, 3.63) is 12.2 Å². The van der Waals surface area contributed by atoms with Gasteiger partial charge in [-0.15, -0.1) is 0 Å². The zero-order valence-electron chi connectivity index (χ0n) is 14.1. The van der Waals surface area contributed by atoms with E-state index in [4.69, 9.17) is 14.5 Å². The molecule has 0 aromatic rings. The lowest BCUT2D eigenvalue weighted by molar-refractivity contribution is -0.534. The molecule has 0 aromatic carbocycles. The number of hydrogen-bond donors (Lipinski definition) is 0.